The summed E-state index contributed by atoms with van der Waals surface area (Å²) < 4.78 is 32.0. The van der Waals surface area contributed by atoms with Gasteiger partial charge in [0.15, 0.2) is 11.5 Å². The number of aromatic nitrogens is 3. The maximum absolute atomic E-state index is 13.6. The number of para-hydroxylation sites is 1. The summed E-state index contributed by atoms with van der Waals surface area (Å²) in [6.07, 6.45) is 2.86. The summed E-state index contributed by atoms with van der Waals surface area (Å²) in [5.41, 5.74) is 1.80. The Hall–Kier alpha value is -5.77. The lowest BCUT2D eigenvalue weighted by molar-refractivity contribution is 0.102. The molecular weight excluding hydrogens is 539 g/mol. The van der Waals surface area contributed by atoms with E-state index in [2.05, 4.69) is 15.3 Å². The minimum absolute atomic E-state index is 0.0600. The van der Waals surface area contributed by atoms with Gasteiger partial charge in [0, 0.05) is 29.0 Å². The summed E-state index contributed by atoms with van der Waals surface area (Å²) in [5, 5.41) is 3.77. The molecule has 0 unspecified atom stereocenters. The third-order valence-electron chi connectivity index (χ3n) is 6.69. The van der Waals surface area contributed by atoms with Crippen molar-refractivity contribution in [2.24, 2.45) is 0 Å². The van der Waals surface area contributed by atoms with E-state index in [4.69, 9.17) is 14.2 Å². The van der Waals surface area contributed by atoms with Crippen LogP contribution in [0.1, 0.15) is 10.4 Å². The van der Waals surface area contributed by atoms with E-state index in [9.17, 15) is 14.0 Å². The van der Waals surface area contributed by atoms with E-state index in [1.165, 1.54) is 31.8 Å². The van der Waals surface area contributed by atoms with Gasteiger partial charge in [0.1, 0.15) is 23.5 Å². The number of ether oxygens (including phenoxy) is 3. The van der Waals surface area contributed by atoms with Gasteiger partial charge in [-0.3, -0.25) is 9.59 Å². The largest absolute Gasteiger partial charge is 0.493 e. The van der Waals surface area contributed by atoms with E-state index in [0.717, 1.165) is 0 Å². The molecule has 0 spiro atoms. The molecular formula is C32H23FN4O5. The molecule has 6 rings (SSSR count). The van der Waals surface area contributed by atoms with E-state index in [-0.39, 0.29) is 11.4 Å². The number of hydrogen-bond acceptors (Lipinski definition) is 7. The van der Waals surface area contributed by atoms with Crippen LogP contribution in [-0.2, 0) is 0 Å². The van der Waals surface area contributed by atoms with Crippen molar-refractivity contribution in [3.05, 3.63) is 119 Å². The number of nitrogens with zero attached hydrogens (tertiary/aromatic N) is 3. The number of carbonyl (C=O) groups is 1. The van der Waals surface area contributed by atoms with Crippen molar-refractivity contribution in [1.29, 1.82) is 0 Å². The Morgan fingerprint density at radius 2 is 1.57 bits per heavy atom. The highest BCUT2D eigenvalue weighted by atomic mass is 19.1. The molecule has 1 amide bonds. The van der Waals surface area contributed by atoms with Crippen LogP contribution >= 0.6 is 0 Å². The van der Waals surface area contributed by atoms with Gasteiger partial charge in [0.2, 0.25) is 11.3 Å². The number of rotatable bonds is 7. The highest BCUT2D eigenvalue weighted by Crippen LogP contribution is 2.36. The highest BCUT2D eigenvalue weighted by Gasteiger charge is 2.17. The predicted molar refractivity (Wildman–Crippen MR) is 157 cm³/mol. The van der Waals surface area contributed by atoms with E-state index >= 15 is 0 Å². The number of hydrogen-bond donors (Lipinski definition) is 1. The maximum Gasteiger partial charge on any atom is 0.261 e. The topological polar surface area (TPSA) is 105 Å². The van der Waals surface area contributed by atoms with Crippen LogP contribution in [0.5, 0.6) is 23.1 Å². The van der Waals surface area contributed by atoms with Gasteiger partial charge in [-0.25, -0.2) is 14.4 Å². The van der Waals surface area contributed by atoms with Crippen LogP contribution in [0.25, 0.3) is 27.5 Å². The second-order valence-corrected chi connectivity index (χ2v) is 9.22. The monoisotopic (exact) mass is 562 g/mol. The van der Waals surface area contributed by atoms with Gasteiger partial charge in [-0.15, -0.1) is 0 Å². The Kier molecular flexibility index (Phi) is 6.93. The van der Waals surface area contributed by atoms with Gasteiger partial charge in [0.25, 0.3) is 5.91 Å². The molecule has 208 valence electrons. The number of anilines is 1. The number of pyridine rings is 1. The molecule has 42 heavy (non-hydrogen) atoms. The van der Waals surface area contributed by atoms with Crippen molar-refractivity contribution in [2.45, 2.75) is 0 Å². The quantitative estimate of drug-likeness (QED) is 0.249. The Morgan fingerprint density at radius 1 is 0.857 bits per heavy atom. The first kappa shape index (κ1) is 26.5. The molecule has 0 aliphatic heterocycles. The fourth-order valence-electron chi connectivity index (χ4n) is 4.61. The number of halogens is 1. The second kappa shape index (κ2) is 11.0. The molecule has 6 aromatic rings. The van der Waals surface area contributed by atoms with Crippen LogP contribution < -0.4 is 25.0 Å². The van der Waals surface area contributed by atoms with Gasteiger partial charge in [-0.05, 0) is 66.7 Å². The molecule has 0 aliphatic carbocycles. The average molecular weight is 563 g/mol. The van der Waals surface area contributed by atoms with Crippen LogP contribution in [0.2, 0.25) is 0 Å². The molecule has 1 N–H and O–H groups in total. The van der Waals surface area contributed by atoms with Crippen LogP contribution in [0, 0.1) is 5.82 Å². The number of methoxy groups -OCH3 is 2. The fourth-order valence-corrected chi connectivity index (χ4v) is 4.61. The fraction of sp³-hybridized carbons (Fsp3) is 0.0625. The average Bonchev–Trinajstić information content (AvgIpc) is 3.02. The summed E-state index contributed by atoms with van der Waals surface area (Å²) >= 11 is 0. The molecule has 2 heterocycles. The number of fused-ring (bicyclic) bond motifs is 2. The van der Waals surface area contributed by atoms with Crippen LogP contribution in [-0.4, -0.2) is 34.7 Å². The molecule has 0 saturated heterocycles. The molecule has 0 saturated carbocycles. The predicted octanol–water partition coefficient (Wildman–Crippen LogP) is 6.13. The molecule has 0 aliphatic rings. The molecule has 0 atom stereocenters. The zero-order chi connectivity index (χ0) is 29.2. The molecule has 0 fully saturated rings. The van der Waals surface area contributed by atoms with Crippen LogP contribution in [0.3, 0.4) is 0 Å². The Morgan fingerprint density at radius 3 is 2.31 bits per heavy atom. The third-order valence-corrected chi connectivity index (χ3v) is 6.69. The maximum atomic E-state index is 13.6. The van der Waals surface area contributed by atoms with Crippen molar-refractivity contribution in [3.63, 3.8) is 0 Å². The van der Waals surface area contributed by atoms with Crippen molar-refractivity contribution in [1.82, 2.24) is 14.5 Å². The molecule has 9 nitrogen and oxygen atoms in total. The minimum atomic E-state index is -0.585. The summed E-state index contributed by atoms with van der Waals surface area (Å²) in [7, 11) is 3.08. The second-order valence-electron chi connectivity index (χ2n) is 9.22. The summed E-state index contributed by atoms with van der Waals surface area (Å²) in [6, 6.07) is 22.9. The third kappa shape index (κ3) is 4.97. The van der Waals surface area contributed by atoms with Crippen LogP contribution in [0.15, 0.2) is 102 Å². The molecule has 10 heteroatoms. The SMILES string of the molecule is COc1cc2ncnc(Oc3ccc(NC(=O)c4cn(-c5ccc(F)cc5)c5ccccc5c4=O)cc3)c2cc1OC. The Bertz CT molecular complexity index is 2010. The summed E-state index contributed by atoms with van der Waals surface area (Å²) in [4.78, 5) is 35.1. The van der Waals surface area contributed by atoms with Crippen molar-refractivity contribution in [2.75, 3.05) is 19.5 Å². The first-order valence-corrected chi connectivity index (χ1v) is 12.8. The van der Waals surface area contributed by atoms with Gasteiger partial charge in [0.05, 0.1) is 30.6 Å². The standard InChI is InChI=1S/C32H23FN4O5/c1-40-28-15-24-26(16-29(28)41-2)34-18-35-32(24)42-22-13-9-20(10-14-22)36-31(39)25-17-37(21-11-7-19(33)8-12-21)27-6-4-3-5-23(27)30(25)38/h3-18H,1-2H3,(H,36,39). The van der Waals surface area contributed by atoms with Gasteiger partial charge in [-0.2, -0.15) is 0 Å². The molecule has 2 aromatic heterocycles. The lowest BCUT2D eigenvalue weighted by Crippen LogP contribution is -2.23. The smallest absolute Gasteiger partial charge is 0.261 e. The highest BCUT2D eigenvalue weighted by molar-refractivity contribution is 6.06. The van der Waals surface area contributed by atoms with Gasteiger partial charge < -0.3 is 24.1 Å². The number of benzene rings is 4. The minimum Gasteiger partial charge on any atom is -0.493 e. The van der Waals surface area contributed by atoms with Crippen LogP contribution in [0.4, 0.5) is 10.1 Å². The summed E-state index contributed by atoms with van der Waals surface area (Å²) in [6.45, 7) is 0. The normalized spacial score (nSPS) is 10.9. The lowest BCUT2D eigenvalue weighted by atomic mass is 10.1. The van der Waals surface area contributed by atoms with E-state index in [0.29, 0.717) is 56.3 Å². The van der Waals surface area contributed by atoms with Crippen molar-refractivity contribution >= 4 is 33.4 Å². The lowest BCUT2D eigenvalue weighted by Gasteiger charge is -2.14. The summed E-state index contributed by atoms with van der Waals surface area (Å²) in [5.74, 6) is 0.850. The Balaban J connectivity index is 1.27. The number of amides is 1. The van der Waals surface area contributed by atoms with Crippen molar-refractivity contribution in [3.8, 4) is 28.8 Å². The van der Waals surface area contributed by atoms with Gasteiger partial charge >= 0.3 is 0 Å². The first-order valence-electron chi connectivity index (χ1n) is 12.8. The van der Waals surface area contributed by atoms with E-state index in [1.807, 2.05) is 0 Å². The zero-order valence-corrected chi connectivity index (χ0v) is 22.5. The van der Waals surface area contributed by atoms with Gasteiger partial charge in [-0.1, -0.05) is 12.1 Å². The van der Waals surface area contributed by atoms with E-state index in [1.54, 1.807) is 84.5 Å². The molecule has 0 bridgehead atoms. The number of nitrogens with one attached hydrogen (secondary N) is 1. The first-order chi connectivity index (χ1) is 20.4. The van der Waals surface area contributed by atoms with Crippen molar-refractivity contribution < 1.29 is 23.4 Å². The molecule has 4 aromatic carbocycles. The number of carbonyl (C=O) groups excluding carboxylic acids is 1. The Labute approximate surface area is 238 Å². The van der Waals surface area contributed by atoms with E-state index < -0.39 is 11.3 Å². The molecule has 0 radical (unpaired) electrons. The zero-order valence-electron chi connectivity index (χ0n) is 22.5.